The highest BCUT2D eigenvalue weighted by molar-refractivity contribution is 5.77. The summed E-state index contributed by atoms with van der Waals surface area (Å²) in [5.41, 5.74) is 7.79. The molecule has 0 aliphatic rings. The minimum atomic E-state index is -3.09. The largest absolute Gasteiger partial charge is 0.483 e. The number of hydrogen-bond acceptors (Lipinski definition) is 3. The average molecular weight is 286 g/mol. The van der Waals surface area contributed by atoms with Gasteiger partial charge in [-0.25, -0.2) is 8.78 Å². The molecule has 0 unspecified atom stereocenters. The predicted octanol–water partition coefficient (Wildman–Crippen LogP) is 1.70. The number of ether oxygens (including phenoxy) is 1. The van der Waals surface area contributed by atoms with Crippen molar-refractivity contribution in [2.75, 3.05) is 19.7 Å². The minimum Gasteiger partial charge on any atom is -0.483 e. The van der Waals surface area contributed by atoms with Gasteiger partial charge in [0.15, 0.2) is 6.61 Å². The number of hydrogen-bond donors (Lipinski definition) is 2. The van der Waals surface area contributed by atoms with E-state index in [0.717, 1.165) is 16.7 Å². The number of halogens is 2. The normalized spacial score (nSPS) is 11.3. The van der Waals surface area contributed by atoms with E-state index in [-0.39, 0.29) is 6.61 Å². The van der Waals surface area contributed by atoms with E-state index in [1.54, 1.807) is 0 Å². The van der Waals surface area contributed by atoms with E-state index >= 15 is 0 Å². The van der Waals surface area contributed by atoms with Gasteiger partial charge in [-0.2, -0.15) is 0 Å². The van der Waals surface area contributed by atoms with Gasteiger partial charge in [-0.3, -0.25) is 4.79 Å². The predicted molar refractivity (Wildman–Crippen MR) is 73.2 cm³/mol. The Morgan fingerprint density at radius 1 is 1.30 bits per heavy atom. The maximum Gasteiger partial charge on any atom is 0.277 e. The number of carbonyl (C=O) groups is 1. The molecule has 0 fully saturated rings. The molecule has 0 aliphatic carbocycles. The number of nitrogens with one attached hydrogen (secondary N) is 1. The number of aryl methyl sites for hydroxylation is 3. The lowest BCUT2D eigenvalue weighted by Gasteiger charge is -2.16. The van der Waals surface area contributed by atoms with Crippen molar-refractivity contribution in [2.45, 2.75) is 26.7 Å². The highest BCUT2D eigenvalue weighted by Crippen LogP contribution is 2.24. The summed E-state index contributed by atoms with van der Waals surface area (Å²) in [6.45, 7) is 3.82. The number of amides is 1. The third kappa shape index (κ3) is 4.77. The first-order valence-electron chi connectivity index (χ1n) is 6.30. The molecule has 0 radical (unpaired) electrons. The van der Waals surface area contributed by atoms with Crippen LogP contribution in [0.1, 0.15) is 16.7 Å². The number of alkyl halides is 2. The Hall–Kier alpha value is -1.69. The monoisotopic (exact) mass is 286 g/mol. The average Bonchev–Trinajstić information content (AvgIpc) is 2.35. The number of carbonyl (C=O) groups excluding carboxylic acids is 1. The molecule has 6 heteroatoms. The summed E-state index contributed by atoms with van der Waals surface area (Å²) >= 11 is 0. The topological polar surface area (TPSA) is 64.3 Å². The standard InChI is InChI=1S/C14H20F2N2O2/c1-9-4-10(2)13(11(3)5-9)20-6-12(19)18-8-14(15,16)7-17/h4-5H,6-8,17H2,1-3H3,(H,18,19). The molecule has 0 aliphatic heterocycles. The number of rotatable bonds is 6. The summed E-state index contributed by atoms with van der Waals surface area (Å²) in [6, 6.07) is 3.87. The van der Waals surface area contributed by atoms with Gasteiger partial charge in [-0.05, 0) is 31.9 Å². The van der Waals surface area contributed by atoms with Crippen molar-refractivity contribution in [1.29, 1.82) is 0 Å². The maximum atomic E-state index is 12.9. The molecule has 0 heterocycles. The zero-order valence-corrected chi connectivity index (χ0v) is 11.9. The van der Waals surface area contributed by atoms with Crippen LogP contribution >= 0.6 is 0 Å². The summed E-state index contributed by atoms with van der Waals surface area (Å²) < 4.78 is 31.1. The summed E-state index contributed by atoms with van der Waals surface area (Å²) in [6.07, 6.45) is 0. The van der Waals surface area contributed by atoms with Gasteiger partial charge in [0, 0.05) is 0 Å². The Kier molecular flexibility index (Phi) is 5.44. The maximum absolute atomic E-state index is 12.9. The summed E-state index contributed by atoms with van der Waals surface area (Å²) in [5.74, 6) is -3.08. The van der Waals surface area contributed by atoms with Crippen molar-refractivity contribution >= 4 is 5.91 Å². The third-order valence-electron chi connectivity index (χ3n) is 2.80. The summed E-state index contributed by atoms with van der Waals surface area (Å²) in [5, 5.41) is 2.10. The van der Waals surface area contributed by atoms with Gasteiger partial charge in [0.1, 0.15) is 5.75 Å². The lowest BCUT2D eigenvalue weighted by atomic mass is 10.1. The minimum absolute atomic E-state index is 0.300. The molecule has 0 spiro atoms. The van der Waals surface area contributed by atoms with Crippen LogP contribution in [0.15, 0.2) is 12.1 Å². The van der Waals surface area contributed by atoms with Gasteiger partial charge < -0.3 is 15.8 Å². The first kappa shape index (κ1) is 16.4. The van der Waals surface area contributed by atoms with E-state index in [9.17, 15) is 13.6 Å². The summed E-state index contributed by atoms with van der Waals surface area (Å²) in [7, 11) is 0. The van der Waals surface area contributed by atoms with Crippen molar-refractivity contribution < 1.29 is 18.3 Å². The lowest BCUT2D eigenvalue weighted by molar-refractivity contribution is -0.124. The Balaban J connectivity index is 2.54. The molecule has 0 aromatic heterocycles. The van der Waals surface area contributed by atoms with Crippen LogP contribution in [0.5, 0.6) is 5.75 Å². The zero-order chi connectivity index (χ0) is 15.3. The van der Waals surface area contributed by atoms with E-state index < -0.39 is 24.9 Å². The van der Waals surface area contributed by atoms with Crippen LogP contribution in [0, 0.1) is 20.8 Å². The smallest absolute Gasteiger partial charge is 0.277 e. The molecule has 1 amide bonds. The Morgan fingerprint density at radius 2 is 1.85 bits per heavy atom. The zero-order valence-electron chi connectivity index (χ0n) is 11.9. The lowest BCUT2D eigenvalue weighted by Crippen LogP contribution is -2.43. The van der Waals surface area contributed by atoms with Gasteiger partial charge in [0.2, 0.25) is 0 Å². The molecule has 0 saturated heterocycles. The van der Waals surface area contributed by atoms with Crippen LogP contribution in [-0.4, -0.2) is 31.5 Å². The van der Waals surface area contributed by atoms with Crippen molar-refractivity contribution in [3.63, 3.8) is 0 Å². The number of benzene rings is 1. The second-order valence-corrected chi connectivity index (χ2v) is 4.85. The first-order chi connectivity index (χ1) is 9.25. The van der Waals surface area contributed by atoms with E-state index in [1.807, 2.05) is 32.9 Å². The van der Waals surface area contributed by atoms with E-state index in [1.165, 1.54) is 0 Å². The van der Waals surface area contributed by atoms with E-state index in [4.69, 9.17) is 10.5 Å². The molecule has 0 saturated carbocycles. The van der Waals surface area contributed by atoms with Gasteiger partial charge in [0.25, 0.3) is 11.8 Å². The molecule has 1 aromatic rings. The van der Waals surface area contributed by atoms with Crippen molar-refractivity contribution in [2.24, 2.45) is 5.73 Å². The Labute approximate surface area is 117 Å². The first-order valence-corrected chi connectivity index (χ1v) is 6.30. The van der Waals surface area contributed by atoms with Crippen LogP contribution in [0.4, 0.5) is 8.78 Å². The highest BCUT2D eigenvalue weighted by atomic mass is 19.3. The molecule has 1 rings (SSSR count). The molecular formula is C14H20F2N2O2. The van der Waals surface area contributed by atoms with E-state index in [0.29, 0.717) is 5.75 Å². The van der Waals surface area contributed by atoms with Crippen molar-refractivity contribution in [3.8, 4) is 5.75 Å². The van der Waals surface area contributed by atoms with Gasteiger partial charge in [-0.1, -0.05) is 17.7 Å². The number of nitrogens with two attached hydrogens (primary N) is 1. The second-order valence-electron chi connectivity index (χ2n) is 4.85. The van der Waals surface area contributed by atoms with Crippen molar-refractivity contribution in [1.82, 2.24) is 5.32 Å². The second kappa shape index (κ2) is 6.65. The highest BCUT2D eigenvalue weighted by Gasteiger charge is 2.27. The fourth-order valence-electron chi connectivity index (χ4n) is 1.88. The van der Waals surface area contributed by atoms with Crippen LogP contribution in [-0.2, 0) is 4.79 Å². The Bertz CT molecular complexity index is 467. The third-order valence-corrected chi connectivity index (χ3v) is 2.80. The molecule has 112 valence electrons. The molecule has 0 bridgehead atoms. The fraction of sp³-hybridized carbons (Fsp3) is 0.500. The van der Waals surface area contributed by atoms with Gasteiger partial charge in [-0.15, -0.1) is 0 Å². The van der Waals surface area contributed by atoms with Gasteiger partial charge in [0.05, 0.1) is 13.1 Å². The molecule has 20 heavy (non-hydrogen) atoms. The van der Waals surface area contributed by atoms with Gasteiger partial charge >= 0.3 is 0 Å². The molecule has 0 atom stereocenters. The SMILES string of the molecule is Cc1cc(C)c(OCC(=O)NCC(F)(F)CN)c(C)c1. The quantitative estimate of drug-likeness (QED) is 0.836. The molecule has 3 N–H and O–H groups in total. The molecular weight excluding hydrogens is 266 g/mol. The van der Waals surface area contributed by atoms with Crippen LogP contribution in [0.2, 0.25) is 0 Å². The fourth-order valence-corrected chi connectivity index (χ4v) is 1.88. The Morgan fingerprint density at radius 3 is 2.35 bits per heavy atom. The van der Waals surface area contributed by atoms with Crippen molar-refractivity contribution in [3.05, 3.63) is 28.8 Å². The van der Waals surface area contributed by atoms with E-state index in [2.05, 4.69) is 5.32 Å². The van der Waals surface area contributed by atoms with Crippen LogP contribution < -0.4 is 15.8 Å². The van der Waals surface area contributed by atoms with Crippen LogP contribution in [0.25, 0.3) is 0 Å². The molecule has 1 aromatic carbocycles. The summed E-state index contributed by atoms with van der Waals surface area (Å²) in [4.78, 5) is 11.5. The molecule has 4 nitrogen and oxygen atoms in total. The van der Waals surface area contributed by atoms with Crippen LogP contribution in [0.3, 0.4) is 0 Å².